The highest BCUT2D eigenvalue weighted by Crippen LogP contribution is 2.25. The Morgan fingerprint density at radius 2 is 2.03 bits per heavy atom. The first-order valence-electron chi connectivity index (χ1n) is 8.86. The monoisotopic (exact) mass is 474 g/mol. The molecule has 3 rings (SSSR count). The number of sulfonamides is 1. The minimum atomic E-state index is -3.71. The van der Waals surface area contributed by atoms with E-state index in [0.29, 0.717) is 26.8 Å². The number of aromatic nitrogens is 1. The quantitative estimate of drug-likeness (QED) is 0.482. The molecule has 1 heterocycles. The van der Waals surface area contributed by atoms with Crippen LogP contribution in [0.1, 0.15) is 25.5 Å². The number of fused-ring (bicyclic) bond motifs is 1. The van der Waals surface area contributed by atoms with E-state index in [1.165, 1.54) is 30.0 Å². The van der Waals surface area contributed by atoms with Gasteiger partial charge in [-0.3, -0.25) is 9.36 Å². The van der Waals surface area contributed by atoms with Gasteiger partial charge in [0.15, 0.2) is 0 Å². The first-order valence-corrected chi connectivity index (χ1v) is 12.7. The first-order chi connectivity index (χ1) is 13.7. The fourth-order valence-electron chi connectivity index (χ4n) is 2.85. The Kier molecular flexibility index (Phi) is 7.06. The molecular formula is C19H20ClFN2O3S3. The maximum Gasteiger partial charge on any atom is 0.308 e. The van der Waals surface area contributed by atoms with Crippen molar-refractivity contribution >= 4 is 54.9 Å². The van der Waals surface area contributed by atoms with Crippen LogP contribution in [0.3, 0.4) is 0 Å². The molecule has 0 radical (unpaired) electrons. The van der Waals surface area contributed by atoms with Gasteiger partial charge in [0.05, 0.1) is 15.1 Å². The van der Waals surface area contributed by atoms with Crippen LogP contribution in [0.25, 0.3) is 10.2 Å². The average Bonchev–Trinajstić information content (AvgIpc) is 2.98. The van der Waals surface area contributed by atoms with Crippen LogP contribution in [0.2, 0.25) is 5.02 Å². The first kappa shape index (κ1) is 22.3. The molecule has 3 aromatic rings. The van der Waals surface area contributed by atoms with Gasteiger partial charge in [-0.25, -0.2) is 17.5 Å². The molecule has 1 N–H and O–H groups in total. The number of nitrogens with one attached hydrogen (secondary N) is 1. The summed E-state index contributed by atoms with van der Waals surface area (Å²) in [5.74, 6) is 0.449. The summed E-state index contributed by atoms with van der Waals surface area (Å²) >= 11 is 8.41. The van der Waals surface area contributed by atoms with Gasteiger partial charge >= 0.3 is 4.87 Å². The zero-order valence-corrected chi connectivity index (χ0v) is 19.0. The van der Waals surface area contributed by atoms with Crippen LogP contribution in [0.15, 0.2) is 46.1 Å². The molecule has 0 aliphatic rings. The third-order valence-electron chi connectivity index (χ3n) is 4.26. The van der Waals surface area contributed by atoms with Gasteiger partial charge in [0.25, 0.3) is 0 Å². The van der Waals surface area contributed by atoms with Crippen molar-refractivity contribution in [2.75, 3.05) is 12.3 Å². The second-order valence-electron chi connectivity index (χ2n) is 6.61. The molecule has 1 aromatic heterocycles. The Labute approximate surface area is 181 Å². The van der Waals surface area contributed by atoms with Gasteiger partial charge < -0.3 is 0 Å². The molecule has 29 heavy (non-hydrogen) atoms. The molecule has 0 unspecified atom stereocenters. The molecule has 10 heteroatoms. The van der Waals surface area contributed by atoms with Crippen LogP contribution in [-0.2, 0) is 15.8 Å². The maximum absolute atomic E-state index is 13.7. The average molecular weight is 475 g/mol. The number of thiazole rings is 1. The van der Waals surface area contributed by atoms with E-state index in [4.69, 9.17) is 11.6 Å². The molecule has 0 saturated heterocycles. The van der Waals surface area contributed by atoms with E-state index in [2.05, 4.69) is 4.72 Å². The van der Waals surface area contributed by atoms with Gasteiger partial charge in [0, 0.05) is 34.7 Å². The SMILES string of the molecule is CC(C)n1c(=O)sc2cc(S(=O)(=O)NCCSCc3c(F)cccc3Cl)ccc21. The fraction of sp³-hybridized carbons (Fsp3) is 0.316. The van der Waals surface area contributed by atoms with Crippen molar-refractivity contribution in [3.63, 3.8) is 0 Å². The number of hydrogen-bond acceptors (Lipinski definition) is 5. The van der Waals surface area contributed by atoms with Gasteiger partial charge in [-0.1, -0.05) is 29.0 Å². The van der Waals surface area contributed by atoms with Gasteiger partial charge in [-0.15, -0.1) is 0 Å². The lowest BCUT2D eigenvalue weighted by atomic mass is 10.2. The molecule has 0 aliphatic carbocycles. The summed E-state index contributed by atoms with van der Waals surface area (Å²) in [5.41, 5.74) is 1.14. The zero-order chi connectivity index (χ0) is 21.2. The van der Waals surface area contributed by atoms with Crippen molar-refractivity contribution < 1.29 is 12.8 Å². The van der Waals surface area contributed by atoms with Crippen molar-refractivity contribution in [3.8, 4) is 0 Å². The summed E-state index contributed by atoms with van der Waals surface area (Å²) in [6.07, 6.45) is 0. The Hall–Kier alpha value is -1.39. The molecular weight excluding hydrogens is 455 g/mol. The molecule has 0 saturated carbocycles. The lowest BCUT2D eigenvalue weighted by Gasteiger charge is -2.09. The van der Waals surface area contributed by atoms with Crippen molar-refractivity contribution in [1.82, 2.24) is 9.29 Å². The van der Waals surface area contributed by atoms with Crippen LogP contribution < -0.4 is 9.60 Å². The van der Waals surface area contributed by atoms with Gasteiger partial charge in [-0.05, 0) is 44.2 Å². The van der Waals surface area contributed by atoms with Crippen LogP contribution in [-0.4, -0.2) is 25.3 Å². The number of thioether (sulfide) groups is 1. The van der Waals surface area contributed by atoms with Crippen LogP contribution in [0.4, 0.5) is 4.39 Å². The normalized spacial score (nSPS) is 12.2. The lowest BCUT2D eigenvalue weighted by Crippen LogP contribution is -2.26. The highest BCUT2D eigenvalue weighted by Gasteiger charge is 2.17. The number of nitrogens with zero attached hydrogens (tertiary/aromatic N) is 1. The van der Waals surface area contributed by atoms with Gasteiger partial charge in [0.1, 0.15) is 5.82 Å². The number of rotatable bonds is 8. The van der Waals surface area contributed by atoms with Crippen molar-refractivity contribution in [3.05, 3.63) is 62.5 Å². The molecule has 0 amide bonds. The van der Waals surface area contributed by atoms with Crippen molar-refractivity contribution in [2.24, 2.45) is 0 Å². The highest BCUT2D eigenvalue weighted by atomic mass is 35.5. The van der Waals surface area contributed by atoms with Crippen LogP contribution >= 0.6 is 34.7 Å². The topological polar surface area (TPSA) is 68.2 Å². The summed E-state index contributed by atoms with van der Waals surface area (Å²) in [7, 11) is -3.71. The Balaban J connectivity index is 1.63. The highest BCUT2D eigenvalue weighted by molar-refractivity contribution is 7.98. The Bertz CT molecular complexity index is 1170. The van der Waals surface area contributed by atoms with Gasteiger partial charge in [0.2, 0.25) is 10.0 Å². The van der Waals surface area contributed by atoms with E-state index >= 15 is 0 Å². The standard InChI is InChI=1S/C19H20ClFN2O3S3/c1-12(2)23-17-7-6-13(10-18(17)28-19(23)24)29(25,26)22-8-9-27-11-14-15(20)4-3-5-16(14)21/h3-7,10,12,22H,8-9,11H2,1-2H3. The molecule has 156 valence electrons. The van der Waals surface area contributed by atoms with E-state index in [1.807, 2.05) is 13.8 Å². The molecule has 0 spiro atoms. The van der Waals surface area contributed by atoms with E-state index in [-0.39, 0.29) is 28.2 Å². The predicted octanol–water partition coefficient (Wildman–Crippen LogP) is 4.65. The number of benzene rings is 2. The summed E-state index contributed by atoms with van der Waals surface area (Å²) in [6, 6.07) is 9.20. The summed E-state index contributed by atoms with van der Waals surface area (Å²) in [5, 5.41) is 0.360. The van der Waals surface area contributed by atoms with E-state index < -0.39 is 10.0 Å². The summed E-state index contributed by atoms with van der Waals surface area (Å²) in [4.78, 5) is 12.1. The largest absolute Gasteiger partial charge is 0.308 e. The Morgan fingerprint density at radius 3 is 2.72 bits per heavy atom. The lowest BCUT2D eigenvalue weighted by molar-refractivity contribution is 0.584. The second-order valence-corrected chi connectivity index (χ2v) is 10.9. The molecule has 0 aliphatic heterocycles. The van der Waals surface area contributed by atoms with Crippen LogP contribution in [0.5, 0.6) is 0 Å². The molecule has 2 aromatic carbocycles. The summed E-state index contributed by atoms with van der Waals surface area (Å²) in [6.45, 7) is 4.01. The second kappa shape index (κ2) is 9.18. The molecule has 0 atom stereocenters. The minimum Gasteiger partial charge on any atom is -0.296 e. The van der Waals surface area contributed by atoms with Crippen LogP contribution in [0, 0.1) is 5.82 Å². The van der Waals surface area contributed by atoms with E-state index in [0.717, 1.165) is 16.9 Å². The van der Waals surface area contributed by atoms with E-state index in [1.54, 1.807) is 22.8 Å². The Morgan fingerprint density at radius 1 is 1.28 bits per heavy atom. The molecule has 0 fully saturated rings. The fourth-order valence-corrected chi connectivity index (χ4v) is 6.36. The minimum absolute atomic E-state index is 0.00295. The number of halogens is 2. The molecule has 0 bridgehead atoms. The predicted molar refractivity (Wildman–Crippen MR) is 119 cm³/mol. The molecule has 5 nitrogen and oxygen atoms in total. The van der Waals surface area contributed by atoms with Crippen molar-refractivity contribution in [2.45, 2.75) is 30.5 Å². The zero-order valence-electron chi connectivity index (χ0n) is 15.8. The van der Waals surface area contributed by atoms with E-state index in [9.17, 15) is 17.6 Å². The summed E-state index contributed by atoms with van der Waals surface area (Å²) < 4.78 is 43.7. The third-order valence-corrected chi connectivity index (χ3v) is 7.97. The maximum atomic E-state index is 13.7. The third kappa shape index (κ3) is 5.03. The van der Waals surface area contributed by atoms with Gasteiger partial charge in [-0.2, -0.15) is 11.8 Å². The van der Waals surface area contributed by atoms with Crippen molar-refractivity contribution in [1.29, 1.82) is 0 Å². The number of hydrogen-bond donors (Lipinski definition) is 1. The smallest absolute Gasteiger partial charge is 0.296 e.